The lowest BCUT2D eigenvalue weighted by Crippen LogP contribution is -2.17. The van der Waals surface area contributed by atoms with E-state index < -0.39 is 15.7 Å². The molecule has 122 valence electrons. The van der Waals surface area contributed by atoms with Gasteiger partial charge in [-0.1, -0.05) is 25.1 Å². The van der Waals surface area contributed by atoms with E-state index in [0.717, 1.165) is 5.56 Å². The van der Waals surface area contributed by atoms with Crippen LogP contribution in [0.15, 0.2) is 47.4 Å². The fraction of sp³-hybridized carbons (Fsp3) is 0.235. The monoisotopic (exact) mass is 333 g/mol. The van der Waals surface area contributed by atoms with E-state index in [-0.39, 0.29) is 16.2 Å². The standard InChI is InChI=1S/C17H19NO4S/c1-4-23(20,21)16-8-6-5-7-13(16)17(19)18-14-11-12(2)9-10-15(14)22-3/h5-11H,4H2,1-3H3,(H,18,19). The molecule has 2 aromatic rings. The highest BCUT2D eigenvalue weighted by Crippen LogP contribution is 2.26. The number of carbonyl (C=O) groups excluding carboxylic acids is 1. The van der Waals surface area contributed by atoms with Gasteiger partial charge in [-0.25, -0.2) is 8.42 Å². The summed E-state index contributed by atoms with van der Waals surface area (Å²) < 4.78 is 29.5. The van der Waals surface area contributed by atoms with Gasteiger partial charge in [0.25, 0.3) is 5.91 Å². The number of benzene rings is 2. The SMILES string of the molecule is CCS(=O)(=O)c1ccccc1C(=O)Nc1cc(C)ccc1OC. The van der Waals surface area contributed by atoms with Crippen LogP contribution in [0.3, 0.4) is 0 Å². The Bertz CT molecular complexity index is 828. The lowest BCUT2D eigenvalue weighted by atomic mass is 10.1. The van der Waals surface area contributed by atoms with Crippen molar-refractivity contribution in [1.82, 2.24) is 0 Å². The molecule has 2 rings (SSSR count). The van der Waals surface area contributed by atoms with Gasteiger partial charge < -0.3 is 10.1 Å². The third-order valence-electron chi connectivity index (χ3n) is 3.45. The fourth-order valence-electron chi connectivity index (χ4n) is 2.19. The number of nitrogens with one attached hydrogen (secondary N) is 1. The van der Waals surface area contributed by atoms with Crippen molar-refractivity contribution in [3.63, 3.8) is 0 Å². The summed E-state index contributed by atoms with van der Waals surface area (Å²) in [5.41, 5.74) is 1.58. The van der Waals surface area contributed by atoms with Crippen molar-refractivity contribution in [2.45, 2.75) is 18.7 Å². The average Bonchev–Trinajstić information content (AvgIpc) is 2.55. The van der Waals surface area contributed by atoms with Crippen LogP contribution in [0.2, 0.25) is 0 Å². The van der Waals surface area contributed by atoms with E-state index in [1.807, 2.05) is 13.0 Å². The Balaban J connectivity index is 2.42. The minimum Gasteiger partial charge on any atom is -0.495 e. The first-order chi connectivity index (χ1) is 10.9. The molecule has 0 heterocycles. The molecule has 0 bridgehead atoms. The van der Waals surface area contributed by atoms with Crippen LogP contribution < -0.4 is 10.1 Å². The normalized spacial score (nSPS) is 11.1. The highest BCUT2D eigenvalue weighted by atomic mass is 32.2. The molecule has 0 saturated heterocycles. The number of aryl methyl sites for hydroxylation is 1. The number of methoxy groups -OCH3 is 1. The van der Waals surface area contributed by atoms with Crippen LogP contribution in [0.4, 0.5) is 5.69 Å². The van der Waals surface area contributed by atoms with Crippen molar-refractivity contribution in [2.75, 3.05) is 18.2 Å². The van der Waals surface area contributed by atoms with Crippen molar-refractivity contribution in [3.8, 4) is 5.75 Å². The summed E-state index contributed by atoms with van der Waals surface area (Å²) in [5.74, 6) is -0.0354. The predicted octanol–water partition coefficient (Wildman–Crippen LogP) is 3.05. The van der Waals surface area contributed by atoms with E-state index in [0.29, 0.717) is 11.4 Å². The van der Waals surface area contributed by atoms with Gasteiger partial charge in [-0.15, -0.1) is 0 Å². The first kappa shape index (κ1) is 17.0. The number of ether oxygens (including phenoxy) is 1. The van der Waals surface area contributed by atoms with E-state index in [9.17, 15) is 13.2 Å². The molecule has 0 aliphatic rings. The highest BCUT2D eigenvalue weighted by molar-refractivity contribution is 7.91. The maximum atomic E-state index is 12.5. The Morgan fingerprint density at radius 1 is 1.17 bits per heavy atom. The van der Waals surface area contributed by atoms with Crippen LogP contribution in [-0.4, -0.2) is 27.2 Å². The second-order valence-electron chi connectivity index (χ2n) is 5.06. The number of rotatable bonds is 5. The second-order valence-corrected chi connectivity index (χ2v) is 7.30. The Morgan fingerprint density at radius 2 is 1.87 bits per heavy atom. The van der Waals surface area contributed by atoms with Gasteiger partial charge in [0, 0.05) is 0 Å². The zero-order valence-corrected chi connectivity index (χ0v) is 14.1. The number of anilines is 1. The molecule has 23 heavy (non-hydrogen) atoms. The molecule has 2 aromatic carbocycles. The van der Waals surface area contributed by atoms with E-state index in [2.05, 4.69) is 5.32 Å². The molecule has 0 radical (unpaired) electrons. The molecule has 0 aliphatic carbocycles. The summed E-state index contributed by atoms with van der Waals surface area (Å²) in [7, 11) is -1.97. The molecule has 0 saturated carbocycles. The molecule has 1 amide bonds. The minimum absolute atomic E-state index is 0.0339. The highest BCUT2D eigenvalue weighted by Gasteiger charge is 2.21. The van der Waals surface area contributed by atoms with Gasteiger partial charge in [-0.05, 0) is 36.8 Å². The smallest absolute Gasteiger partial charge is 0.257 e. The maximum absolute atomic E-state index is 12.5. The van der Waals surface area contributed by atoms with E-state index >= 15 is 0 Å². The Kier molecular flexibility index (Phi) is 5.05. The van der Waals surface area contributed by atoms with Crippen LogP contribution in [0.5, 0.6) is 5.75 Å². The number of hydrogen-bond donors (Lipinski definition) is 1. The summed E-state index contributed by atoms with van der Waals surface area (Å²) in [6.07, 6.45) is 0. The van der Waals surface area contributed by atoms with E-state index in [1.54, 1.807) is 31.2 Å². The molecule has 0 unspecified atom stereocenters. The summed E-state index contributed by atoms with van der Waals surface area (Å²) >= 11 is 0. The lowest BCUT2D eigenvalue weighted by Gasteiger charge is -2.13. The number of carbonyl (C=O) groups is 1. The second kappa shape index (κ2) is 6.83. The van der Waals surface area contributed by atoms with Crippen LogP contribution in [0, 0.1) is 6.92 Å². The zero-order valence-electron chi connectivity index (χ0n) is 13.3. The van der Waals surface area contributed by atoms with Crippen molar-refractivity contribution in [3.05, 3.63) is 53.6 Å². The van der Waals surface area contributed by atoms with Gasteiger partial charge in [0.15, 0.2) is 9.84 Å². The molecule has 6 heteroatoms. The van der Waals surface area contributed by atoms with Crippen LogP contribution in [0.1, 0.15) is 22.8 Å². The van der Waals surface area contributed by atoms with Crippen LogP contribution in [-0.2, 0) is 9.84 Å². The van der Waals surface area contributed by atoms with E-state index in [1.165, 1.54) is 19.2 Å². The van der Waals surface area contributed by atoms with Gasteiger partial charge in [-0.2, -0.15) is 0 Å². The number of sulfone groups is 1. The molecule has 0 aromatic heterocycles. The summed E-state index contributed by atoms with van der Waals surface area (Å²) in [6, 6.07) is 11.6. The average molecular weight is 333 g/mol. The first-order valence-corrected chi connectivity index (χ1v) is 8.82. The van der Waals surface area contributed by atoms with Crippen molar-refractivity contribution in [2.24, 2.45) is 0 Å². The Labute approximate surface area is 136 Å². The Morgan fingerprint density at radius 3 is 2.52 bits per heavy atom. The van der Waals surface area contributed by atoms with Crippen molar-refractivity contribution in [1.29, 1.82) is 0 Å². The van der Waals surface area contributed by atoms with Gasteiger partial charge in [-0.3, -0.25) is 4.79 Å². The fourth-order valence-corrected chi connectivity index (χ4v) is 3.28. The zero-order chi connectivity index (χ0) is 17.0. The van der Waals surface area contributed by atoms with Gasteiger partial charge in [0.1, 0.15) is 5.75 Å². The Hall–Kier alpha value is -2.34. The lowest BCUT2D eigenvalue weighted by molar-refractivity contribution is 0.102. The molecule has 0 spiro atoms. The van der Waals surface area contributed by atoms with Gasteiger partial charge in [0.05, 0.1) is 29.0 Å². The largest absolute Gasteiger partial charge is 0.495 e. The van der Waals surface area contributed by atoms with Crippen LogP contribution in [0.25, 0.3) is 0 Å². The first-order valence-electron chi connectivity index (χ1n) is 7.17. The summed E-state index contributed by atoms with van der Waals surface area (Å²) in [4.78, 5) is 12.6. The molecule has 0 atom stereocenters. The van der Waals surface area contributed by atoms with E-state index in [4.69, 9.17) is 4.74 Å². The molecule has 0 aliphatic heterocycles. The molecular weight excluding hydrogens is 314 g/mol. The summed E-state index contributed by atoms with van der Waals surface area (Å²) in [6.45, 7) is 3.44. The molecule has 5 nitrogen and oxygen atoms in total. The number of hydrogen-bond acceptors (Lipinski definition) is 4. The topological polar surface area (TPSA) is 72.5 Å². The third kappa shape index (κ3) is 3.71. The van der Waals surface area contributed by atoms with Gasteiger partial charge in [0.2, 0.25) is 0 Å². The van der Waals surface area contributed by atoms with Gasteiger partial charge >= 0.3 is 0 Å². The molecule has 1 N–H and O–H groups in total. The third-order valence-corrected chi connectivity index (χ3v) is 5.24. The molecule has 0 fully saturated rings. The minimum atomic E-state index is -3.48. The predicted molar refractivity (Wildman–Crippen MR) is 89.9 cm³/mol. The van der Waals surface area contributed by atoms with Crippen molar-refractivity contribution >= 4 is 21.4 Å². The summed E-state index contributed by atoms with van der Waals surface area (Å²) in [5, 5.41) is 2.73. The quantitative estimate of drug-likeness (QED) is 0.913. The maximum Gasteiger partial charge on any atom is 0.257 e. The molecular formula is C17H19NO4S. The number of amides is 1. The van der Waals surface area contributed by atoms with Crippen LogP contribution >= 0.6 is 0 Å². The van der Waals surface area contributed by atoms with Crippen molar-refractivity contribution < 1.29 is 17.9 Å².